The fourth-order valence-electron chi connectivity index (χ4n) is 2.29. The molecule has 4 rings (SSSR count). The van der Waals surface area contributed by atoms with Crippen molar-refractivity contribution in [2.24, 2.45) is 0 Å². The maximum absolute atomic E-state index is 13.7. The van der Waals surface area contributed by atoms with Gasteiger partial charge in [-0.25, -0.2) is 4.39 Å². The molecule has 0 atom stereocenters. The van der Waals surface area contributed by atoms with Crippen molar-refractivity contribution < 1.29 is 8.91 Å². The van der Waals surface area contributed by atoms with E-state index in [0.29, 0.717) is 33.8 Å². The zero-order chi connectivity index (χ0) is 17.9. The average molecular weight is 368 g/mol. The first-order chi connectivity index (χ1) is 12.7. The molecule has 130 valence electrons. The Morgan fingerprint density at radius 3 is 2.81 bits per heavy atom. The molecule has 0 amide bonds. The van der Waals surface area contributed by atoms with E-state index in [4.69, 9.17) is 4.52 Å². The van der Waals surface area contributed by atoms with Crippen LogP contribution in [0.1, 0.15) is 11.5 Å². The minimum atomic E-state index is -0.301. The van der Waals surface area contributed by atoms with Crippen molar-refractivity contribution >= 4 is 11.8 Å². The number of aromatic nitrogens is 6. The zero-order valence-electron chi connectivity index (χ0n) is 13.7. The van der Waals surface area contributed by atoms with Crippen LogP contribution >= 0.6 is 11.8 Å². The molecule has 9 heteroatoms. The topological polar surface area (TPSA) is 82.5 Å². The van der Waals surface area contributed by atoms with Crippen LogP contribution in [-0.2, 0) is 5.75 Å². The second-order valence-electron chi connectivity index (χ2n) is 5.47. The van der Waals surface area contributed by atoms with Crippen molar-refractivity contribution in [1.82, 2.24) is 30.3 Å². The van der Waals surface area contributed by atoms with Gasteiger partial charge in [0, 0.05) is 5.56 Å². The summed E-state index contributed by atoms with van der Waals surface area (Å²) in [5, 5.41) is 16.3. The van der Waals surface area contributed by atoms with Crippen molar-refractivity contribution in [2.75, 3.05) is 0 Å². The normalized spacial score (nSPS) is 11.0. The molecule has 2 aromatic carbocycles. The van der Waals surface area contributed by atoms with Crippen LogP contribution in [0.3, 0.4) is 0 Å². The Morgan fingerprint density at radius 1 is 1.15 bits per heavy atom. The number of nitrogens with zero attached hydrogens (tertiary/aromatic N) is 6. The lowest BCUT2D eigenvalue weighted by atomic mass is 10.1. The van der Waals surface area contributed by atoms with Crippen LogP contribution in [0.5, 0.6) is 0 Å². The number of rotatable bonds is 5. The van der Waals surface area contributed by atoms with Gasteiger partial charge in [-0.2, -0.15) is 9.67 Å². The molecule has 26 heavy (non-hydrogen) atoms. The third-order valence-electron chi connectivity index (χ3n) is 3.66. The van der Waals surface area contributed by atoms with E-state index in [-0.39, 0.29) is 5.82 Å². The number of hydrogen-bond donors (Lipinski definition) is 0. The van der Waals surface area contributed by atoms with Crippen LogP contribution in [0, 0.1) is 12.7 Å². The highest BCUT2D eigenvalue weighted by atomic mass is 32.2. The number of para-hydroxylation sites is 1. The predicted octanol–water partition coefficient (Wildman–Crippen LogP) is 3.45. The molecule has 0 saturated heterocycles. The Kier molecular flexibility index (Phi) is 4.44. The molecule has 2 aromatic heterocycles. The Morgan fingerprint density at radius 2 is 2.00 bits per heavy atom. The van der Waals surface area contributed by atoms with Gasteiger partial charge in [0.05, 0.1) is 11.4 Å². The molecule has 7 nitrogen and oxygen atoms in total. The lowest BCUT2D eigenvalue weighted by Crippen LogP contribution is -1.98. The van der Waals surface area contributed by atoms with Gasteiger partial charge in [0.2, 0.25) is 16.9 Å². The second-order valence-corrected chi connectivity index (χ2v) is 6.42. The quantitative estimate of drug-likeness (QED) is 0.499. The van der Waals surface area contributed by atoms with Crippen molar-refractivity contribution in [3.05, 3.63) is 65.8 Å². The van der Waals surface area contributed by atoms with E-state index in [9.17, 15) is 4.39 Å². The molecule has 0 aliphatic carbocycles. The molecule has 0 unspecified atom stereocenters. The molecule has 4 aromatic rings. The summed E-state index contributed by atoms with van der Waals surface area (Å²) in [6.07, 6.45) is 0. The number of hydrogen-bond acceptors (Lipinski definition) is 7. The molecule has 0 bridgehead atoms. The van der Waals surface area contributed by atoms with Gasteiger partial charge in [0.25, 0.3) is 0 Å². The molecular weight excluding hydrogens is 355 g/mol. The van der Waals surface area contributed by atoms with Gasteiger partial charge < -0.3 is 4.52 Å². The van der Waals surface area contributed by atoms with Gasteiger partial charge in [-0.1, -0.05) is 47.3 Å². The summed E-state index contributed by atoms with van der Waals surface area (Å²) in [7, 11) is 0. The summed E-state index contributed by atoms with van der Waals surface area (Å²) in [5.41, 5.74) is 2.00. The van der Waals surface area contributed by atoms with Crippen molar-refractivity contribution in [3.63, 3.8) is 0 Å². The highest BCUT2D eigenvalue weighted by Crippen LogP contribution is 2.24. The molecular formula is C17H13FN6OS. The standard InChI is InChI=1S/C17H13FN6OS/c1-11-7-8-12(9-14(11)18)16-19-15(25-21-16)10-26-17-20-22-23-24(17)13-5-3-2-4-6-13/h2-9H,10H2,1H3. The minimum Gasteiger partial charge on any atom is -0.338 e. The summed E-state index contributed by atoms with van der Waals surface area (Å²) in [6, 6.07) is 14.4. The largest absolute Gasteiger partial charge is 0.338 e. The second kappa shape index (κ2) is 7.04. The van der Waals surface area contributed by atoms with Gasteiger partial charge >= 0.3 is 0 Å². The molecule has 0 fully saturated rings. The summed E-state index contributed by atoms with van der Waals surface area (Å²) in [6.45, 7) is 1.70. The smallest absolute Gasteiger partial charge is 0.237 e. The number of benzene rings is 2. The first kappa shape index (κ1) is 16.4. The van der Waals surface area contributed by atoms with Crippen LogP contribution in [0.25, 0.3) is 17.1 Å². The third-order valence-corrected chi connectivity index (χ3v) is 4.57. The highest BCUT2D eigenvalue weighted by molar-refractivity contribution is 7.98. The number of thioether (sulfide) groups is 1. The first-order valence-corrected chi connectivity index (χ1v) is 8.75. The van der Waals surface area contributed by atoms with E-state index in [1.807, 2.05) is 30.3 Å². The Hall–Kier alpha value is -3.07. The minimum absolute atomic E-state index is 0.301. The van der Waals surface area contributed by atoms with E-state index >= 15 is 0 Å². The maximum Gasteiger partial charge on any atom is 0.237 e. The molecule has 0 saturated carbocycles. The SMILES string of the molecule is Cc1ccc(-c2noc(CSc3nnnn3-c3ccccc3)n2)cc1F. The predicted molar refractivity (Wildman–Crippen MR) is 93.1 cm³/mol. The Labute approximate surface area is 152 Å². The summed E-state index contributed by atoms with van der Waals surface area (Å²) in [5.74, 6) is 0.857. The summed E-state index contributed by atoms with van der Waals surface area (Å²) < 4.78 is 20.6. The van der Waals surface area contributed by atoms with E-state index < -0.39 is 0 Å². The average Bonchev–Trinajstić information content (AvgIpc) is 3.32. The molecule has 0 aliphatic rings. The van der Waals surface area contributed by atoms with Gasteiger partial charge in [-0.15, -0.1) is 5.10 Å². The van der Waals surface area contributed by atoms with E-state index in [1.54, 1.807) is 23.7 Å². The molecule has 0 radical (unpaired) electrons. The molecule has 0 N–H and O–H groups in total. The van der Waals surface area contributed by atoms with E-state index in [1.165, 1.54) is 17.8 Å². The van der Waals surface area contributed by atoms with Crippen molar-refractivity contribution in [1.29, 1.82) is 0 Å². The van der Waals surface area contributed by atoms with Crippen molar-refractivity contribution in [3.8, 4) is 17.1 Å². The van der Waals surface area contributed by atoms with Gasteiger partial charge in [-0.3, -0.25) is 0 Å². The fraction of sp³-hybridized carbons (Fsp3) is 0.118. The Bertz CT molecular complexity index is 1030. The van der Waals surface area contributed by atoms with Crippen molar-refractivity contribution in [2.45, 2.75) is 17.8 Å². The van der Waals surface area contributed by atoms with Crippen LogP contribution < -0.4 is 0 Å². The molecule has 2 heterocycles. The summed E-state index contributed by atoms with van der Waals surface area (Å²) in [4.78, 5) is 4.31. The van der Waals surface area contributed by atoms with Crippen LogP contribution in [-0.4, -0.2) is 30.3 Å². The summed E-state index contributed by atoms with van der Waals surface area (Å²) >= 11 is 1.37. The third kappa shape index (κ3) is 3.33. The van der Waals surface area contributed by atoms with Crippen LogP contribution in [0.4, 0.5) is 4.39 Å². The number of halogens is 1. The van der Waals surface area contributed by atoms with Gasteiger partial charge in [0.15, 0.2) is 0 Å². The number of aryl methyl sites for hydroxylation is 1. The molecule has 0 spiro atoms. The van der Waals surface area contributed by atoms with E-state index in [0.717, 1.165) is 5.69 Å². The lowest BCUT2D eigenvalue weighted by Gasteiger charge is -2.02. The van der Waals surface area contributed by atoms with E-state index in [2.05, 4.69) is 25.7 Å². The van der Waals surface area contributed by atoms with Crippen LogP contribution in [0.2, 0.25) is 0 Å². The molecule has 0 aliphatic heterocycles. The number of tetrazole rings is 1. The fourth-order valence-corrected chi connectivity index (χ4v) is 3.02. The zero-order valence-corrected chi connectivity index (χ0v) is 14.5. The first-order valence-electron chi connectivity index (χ1n) is 7.76. The monoisotopic (exact) mass is 368 g/mol. The van der Waals surface area contributed by atoms with Crippen LogP contribution in [0.15, 0.2) is 58.2 Å². The highest BCUT2D eigenvalue weighted by Gasteiger charge is 2.14. The lowest BCUT2D eigenvalue weighted by molar-refractivity contribution is 0.391. The van der Waals surface area contributed by atoms with Gasteiger partial charge in [0.1, 0.15) is 5.82 Å². The Balaban J connectivity index is 1.49. The maximum atomic E-state index is 13.7. The van der Waals surface area contributed by atoms with Gasteiger partial charge in [-0.05, 0) is 41.1 Å².